The van der Waals surface area contributed by atoms with Crippen molar-refractivity contribution in [1.29, 1.82) is 0 Å². The van der Waals surface area contributed by atoms with Crippen molar-refractivity contribution in [3.63, 3.8) is 0 Å². The van der Waals surface area contributed by atoms with Crippen LogP contribution in [0.25, 0.3) is 21.5 Å². The van der Waals surface area contributed by atoms with Crippen LogP contribution in [0, 0.1) is 13.8 Å². The third-order valence-corrected chi connectivity index (χ3v) is 4.57. The minimum Gasteiger partial charge on any atom is -0.0530 e. The van der Waals surface area contributed by atoms with Gasteiger partial charge in [0.05, 0.1) is 0 Å². The first kappa shape index (κ1) is 12.2. The molecule has 0 amide bonds. The lowest BCUT2D eigenvalue weighted by molar-refractivity contribution is 1.51. The maximum atomic E-state index is 3.56. The van der Waals surface area contributed by atoms with Crippen LogP contribution < -0.4 is 0 Å². The van der Waals surface area contributed by atoms with Crippen LogP contribution in [0.3, 0.4) is 0 Å². The zero-order chi connectivity index (χ0) is 12.9. The van der Waals surface area contributed by atoms with Crippen molar-refractivity contribution in [2.45, 2.75) is 13.8 Å². The van der Waals surface area contributed by atoms with E-state index in [1.165, 1.54) is 32.7 Å². The zero-order valence-electron chi connectivity index (χ0n) is 10.2. The number of fused-ring (bicyclic) bond motifs is 2. The molecule has 3 aromatic rings. The fraction of sp³-hybridized carbons (Fsp3) is 0.125. The molecule has 2 heteroatoms. The highest BCUT2D eigenvalue weighted by Crippen LogP contribution is 2.34. The number of hydrogen-bond donors (Lipinski definition) is 0. The van der Waals surface area contributed by atoms with Crippen LogP contribution in [0.15, 0.2) is 45.3 Å². The summed E-state index contributed by atoms with van der Waals surface area (Å²) in [6.07, 6.45) is 0. The van der Waals surface area contributed by atoms with Crippen molar-refractivity contribution in [1.82, 2.24) is 0 Å². The standard InChI is InChI=1S/C16H12Br2/c1-9-13-5-3-12(18)8-16(13)10(2)14-6-4-11(17)7-15(9)14/h3-8H,1-2H3. The fourth-order valence-corrected chi connectivity index (χ4v) is 3.32. The zero-order valence-corrected chi connectivity index (χ0v) is 13.4. The normalized spacial score (nSPS) is 11.3. The Balaban J connectivity index is 2.60. The molecule has 0 bridgehead atoms. The molecule has 0 saturated heterocycles. The van der Waals surface area contributed by atoms with Crippen molar-refractivity contribution in [2.75, 3.05) is 0 Å². The van der Waals surface area contributed by atoms with E-state index < -0.39 is 0 Å². The number of hydrogen-bond acceptors (Lipinski definition) is 0. The third-order valence-electron chi connectivity index (χ3n) is 3.58. The maximum absolute atomic E-state index is 3.56. The second-order valence-electron chi connectivity index (χ2n) is 4.63. The molecule has 0 nitrogen and oxygen atoms in total. The summed E-state index contributed by atoms with van der Waals surface area (Å²) in [7, 11) is 0. The van der Waals surface area contributed by atoms with Crippen molar-refractivity contribution in [2.24, 2.45) is 0 Å². The van der Waals surface area contributed by atoms with Crippen LogP contribution in [0.2, 0.25) is 0 Å². The SMILES string of the molecule is Cc1c2ccc(Br)cc2c(C)c2ccc(Br)cc12. The summed E-state index contributed by atoms with van der Waals surface area (Å²) in [6.45, 7) is 4.40. The van der Waals surface area contributed by atoms with Gasteiger partial charge in [0.25, 0.3) is 0 Å². The molecule has 0 saturated carbocycles. The molecule has 18 heavy (non-hydrogen) atoms. The van der Waals surface area contributed by atoms with E-state index in [4.69, 9.17) is 0 Å². The number of halogens is 2. The number of benzene rings is 3. The van der Waals surface area contributed by atoms with Crippen LogP contribution in [0.1, 0.15) is 11.1 Å². The Morgan fingerprint density at radius 1 is 0.611 bits per heavy atom. The topological polar surface area (TPSA) is 0 Å². The predicted molar refractivity (Wildman–Crippen MR) is 86.3 cm³/mol. The smallest absolute Gasteiger partial charge is 0.0181 e. The Morgan fingerprint density at radius 3 is 1.39 bits per heavy atom. The Labute approximate surface area is 123 Å². The quantitative estimate of drug-likeness (QED) is 0.421. The van der Waals surface area contributed by atoms with Gasteiger partial charge >= 0.3 is 0 Å². The third kappa shape index (κ3) is 1.79. The maximum Gasteiger partial charge on any atom is 0.0181 e. The van der Waals surface area contributed by atoms with Gasteiger partial charge in [0.1, 0.15) is 0 Å². The molecule has 0 radical (unpaired) electrons. The molecular weight excluding hydrogens is 352 g/mol. The lowest BCUT2D eigenvalue weighted by atomic mass is 9.93. The van der Waals surface area contributed by atoms with E-state index in [-0.39, 0.29) is 0 Å². The predicted octanol–water partition coefficient (Wildman–Crippen LogP) is 6.13. The van der Waals surface area contributed by atoms with Crippen molar-refractivity contribution < 1.29 is 0 Å². The van der Waals surface area contributed by atoms with Gasteiger partial charge in [-0.15, -0.1) is 0 Å². The van der Waals surface area contributed by atoms with Gasteiger partial charge in [0.15, 0.2) is 0 Å². The molecule has 0 unspecified atom stereocenters. The first-order valence-corrected chi connectivity index (χ1v) is 7.44. The summed E-state index contributed by atoms with van der Waals surface area (Å²) in [5.74, 6) is 0. The summed E-state index contributed by atoms with van der Waals surface area (Å²) in [4.78, 5) is 0. The highest BCUT2D eigenvalue weighted by molar-refractivity contribution is 9.10. The van der Waals surface area contributed by atoms with Gasteiger partial charge in [-0.3, -0.25) is 0 Å². The first-order chi connectivity index (χ1) is 8.58. The minimum atomic E-state index is 1.13. The van der Waals surface area contributed by atoms with Gasteiger partial charge in [0, 0.05) is 8.95 Å². The van der Waals surface area contributed by atoms with Crippen LogP contribution >= 0.6 is 31.9 Å². The van der Waals surface area contributed by atoms with Crippen LogP contribution in [-0.4, -0.2) is 0 Å². The van der Waals surface area contributed by atoms with E-state index in [1.807, 2.05) is 0 Å². The summed E-state index contributed by atoms with van der Waals surface area (Å²) in [6, 6.07) is 13.0. The Hall–Kier alpha value is -0.860. The molecule has 0 atom stereocenters. The molecule has 0 aromatic heterocycles. The molecule has 3 rings (SSSR count). The monoisotopic (exact) mass is 362 g/mol. The highest BCUT2D eigenvalue weighted by atomic mass is 79.9. The molecule has 0 heterocycles. The van der Waals surface area contributed by atoms with Crippen molar-refractivity contribution >= 4 is 53.4 Å². The molecule has 0 spiro atoms. The molecular formula is C16H12Br2. The average molecular weight is 364 g/mol. The molecule has 0 fully saturated rings. The van der Waals surface area contributed by atoms with E-state index in [0.717, 1.165) is 8.95 Å². The van der Waals surface area contributed by atoms with Gasteiger partial charge in [0.2, 0.25) is 0 Å². The molecule has 0 aliphatic carbocycles. The van der Waals surface area contributed by atoms with Crippen LogP contribution in [-0.2, 0) is 0 Å². The first-order valence-electron chi connectivity index (χ1n) is 5.85. The number of rotatable bonds is 0. The second kappa shape index (κ2) is 4.36. The average Bonchev–Trinajstić information content (AvgIpc) is 2.36. The lowest BCUT2D eigenvalue weighted by Crippen LogP contribution is -1.88. The van der Waals surface area contributed by atoms with Crippen molar-refractivity contribution in [3.8, 4) is 0 Å². The summed E-state index contributed by atoms with van der Waals surface area (Å²) >= 11 is 7.12. The molecule has 90 valence electrons. The summed E-state index contributed by atoms with van der Waals surface area (Å²) in [5, 5.41) is 5.33. The van der Waals surface area contributed by atoms with E-state index in [2.05, 4.69) is 82.1 Å². The van der Waals surface area contributed by atoms with E-state index in [1.54, 1.807) is 0 Å². The van der Waals surface area contributed by atoms with E-state index in [0.29, 0.717) is 0 Å². The van der Waals surface area contributed by atoms with Gasteiger partial charge in [-0.1, -0.05) is 44.0 Å². The second-order valence-corrected chi connectivity index (χ2v) is 6.46. The summed E-state index contributed by atoms with van der Waals surface area (Å²) < 4.78 is 2.27. The van der Waals surface area contributed by atoms with Crippen LogP contribution in [0.4, 0.5) is 0 Å². The Bertz CT molecular complexity index is 705. The van der Waals surface area contributed by atoms with E-state index in [9.17, 15) is 0 Å². The lowest BCUT2D eigenvalue weighted by Gasteiger charge is -2.12. The van der Waals surface area contributed by atoms with Gasteiger partial charge < -0.3 is 0 Å². The molecule has 0 N–H and O–H groups in total. The largest absolute Gasteiger partial charge is 0.0530 e. The fourth-order valence-electron chi connectivity index (χ4n) is 2.60. The van der Waals surface area contributed by atoms with Crippen LogP contribution in [0.5, 0.6) is 0 Å². The van der Waals surface area contributed by atoms with Gasteiger partial charge in [-0.25, -0.2) is 0 Å². The molecule has 0 aliphatic heterocycles. The van der Waals surface area contributed by atoms with Crippen molar-refractivity contribution in [3.05, 3.63) is 56.5 Å². The Morgan fingerprint density at radius 2 is 1.00 bits per heavy atom. The van der Waals surface area contributed by atoms with E-state index >= 15 is 0 Å². The highest BCUT2D eigenvalue weighted by Gasteiger charge is 2.09. The van der Waals surface area contributed by atoms with Gasteiger partial charge in [-0.2, -0.15) is 0 Å². The molecule has 3 aromatic carbocycles. The van der Waals surface area contributed by atoms with Gasteiger partial charge in [-0.05, 0) is 70.8 Å². The summed E-state index contributed by atoms with van der Waals surface area (Å²) in [5.41, 5.74) is 2.69. The minimum absolute atomic E-state index is 1.13. The Kier molecular flexibility index (Phi) is 2.95. The number of aryl methyl sites for hydroxylation is 2. The molecule has 0 aliphatic rings.